The van der Waals surface area contributed by atoms with Gasteiger partial charge in [-0.15, -0.1) is 0 Å². The molecule has 2 heterocycles. The number of nitrogens with zero attached hydrogens (tertiary/aromatic N) is 4. The number of nitriles is 1. The molecule has 4 aromatic rings. The molecule has 0 saturated carbocycles. The maximum Gasteiger partial charge on any atom is 0.292 e. The lowest BCUT2D eigenvalue weighted by atomic mass is 10.0. The summed E-state index contributed by atoms with van der Waals surface area (Å²) in [5.74, 6) is -0.412. The van der Waals surface area contributed by atoms with Crippen molar-refractivity contribution in [3.63, 3.8) is 0 Å². The molecular formula is C28H26N6O4. The Kier molecular flexibility index (Phi) is 7.77. The van der Waals surface area contributed by atoms with Gasteiger partial charge in [-0.05, 0) is 61.0 Å². The van der Waals surface area contributed by atoms with Crippen LogP contribution in [0.4, 0.5) is 0 Å². The molecule has 0 bridgehead atoms. The van der Waals surface area contributed by atoms with Crippen LogP contribution >= 0.6 is 0 Å². The van der Waals surface area contributed by atoms with Gasteiger partial charge in [0.15, 0.2) is 5.69 Å². The number of carbonyl (C=O) groups is 1. The standard InChI is InChI=1S/C28H26N6O4/c1-4-5-8-18-11-12-22-19(13-18)14-20(26(35)31-22)16-30-32-27(36)25-17(2)21(15-29)28(37)34(33-25)23-9-6-7-10-24(23)38-3/h6-7,9-14,16H,4-5,8H2,1-3H3,(H,31,35)(H,32,36)/b30-16+. The van der Waals surface area contributed by atoms with E-state index >= 15 is 0 Å². The Labute approximate surface area is 218 Å². The number of aryl methyl sites for hydroxylation is 1. The monoisotopic (exact) mass is 510 g/mol. The molecule has 0 spiro atoms. The number of hydrazone groups is 1. The second-order valence-corrected chi connectivity index (χ2v) is 8.63. The largest absolute Gasteiger partial charge is 0.494 e. The zero-order valence-electron chi connectivity index (χ0n) is 21.2. The topological polar surface area (TPSA) is 142 Å². The summed E-state index contributed by atoms with van der Waals surface area (Å²) >= 11 is 0. The Bertz CT molecular complexity index is 1710. The number of rotatable bonds is 8. The van der Waals surface area contributed by atoms with Crippen LogP contribution in [0.2, 0.25) is 0 Å². The van der Waals surface area contributed by atoms with Gasteiger partial charge in [0.25, 0.3) is 17.0 Å². The summed E-state index contributed by atoms with van der Waals surface area (Å²) in [7, 11) is 1.44. The van der Waals surface area contributed by atoms with Gasteiger partial charge >= 0.3 is 0 Å². The molecular weight excluding hydrogens is 484 g/mol. The van der Waals surface area contributed by atoms with Crippen molar-refractivity contribution in [3.05, 3.63) is 97.2 Å². The first-order chi connectivity index (χ1) is 18.4. The molecule has 0 aliphatic rings. The van der Waals surface area contributed by atoms with E-state index in [0.29, 0.717) is 11.3 Å². The van der Waals surface area contributed by atoms with Gasteiger partial charge in [0.05, 0.1) is 18.9 Å². The fourth-order valence-electron chi connectivity index (χ4n) is 4.04. The summed E-state index contributed by atoms with van der Waals surface area (Å²) in [6, 6.07) is 16.1. The first kappa shape index (κ1) is 26.0. The van der Waals surface area contributed by atoms with Crippen LogP contribution in [0.25, 0.3) is 16.6 Å². The predicted molar refractivity (Wildman–Crippen MR) is 144 cm³/mol. The van der Waals surface area contributed by atoms with Crippen LogP contribution in [0, 0.1) is 18.3 Å². The number of benzene rings is 2. The molecule has 0 fully saturated rings. The molecule has 1 amide bonds. The number of carbonyl (C=O) groups excluding carboxylic acids is 1. The molecule has 0 saturated heterocycles. The van der Waals surface area contributed by atoms with Gasteiger partial charge in [-0.2, -0.15) is 20.1 Å². The lowest BCUT2D eigenvalue weighted by Gasteiger charge is -2.13. The third-order valence-electron chi connectivity index (χ3n) is 6.10. The smallest absolute Gasteiger partial charge is 0.292 e. The third-order valence-corrected chi connectivity index (χ3v) is 6.10. The van der Waals surface area contributed by atoms with Gasteiger partial charge in [0.1, 0.15) is 23.1 Å². The number of H-pyrrole nitrogens is 1. The number of nitrogens with one attached hydrogen (secondary N) is 2. The second kappa shape index (κ2) is 11.3. The fraction of sp³-hybridized carbons (Fsp3) is 0.214. The Morgan fingerprint density at radius 1 is 1.24 bits per heavy atom. The number of aromatic amines is 1. The number of pyridine rings is 1. The summed E-state index contributed by atoms with van der Waals surface area (Å²) < 4.78 is 6.25. The van der Waals surface area contributed by atoms with Gasteiger partial charge in [-0.3, -0.25) is 14.4 Å². The van der Waals surface area contributed by atoms with Crippen molar-refractivity contribution in [2.24, 2.45) is 5.10 Å². The fourth-order valence-corrected chi connectivity index (χ4v) is 4.04. The summed E-state index contributed by atoms with van der Waals surface area (Å²) in [6.07, 6.45) is 4.34. The van der Waals surface area contributed by atoms with E-state index in [2.05, 4.69) is 27.5 Å². The van der Waals surface area contributed by atoms with Gasteiger partial charge in [0, 0.05) is 11.1 Å². The number of methoxy groups -OCH3 is 1. The first-order valence-corrected chi connectivity index (χ1v) is 12.0. The van der Waals surface area contributed by atoms with E-state index in [1.165, 1.54) is 25.8 Å². The maximum atomic E-state index is 13.0. The minimum atomic E-state index is -0.752. The van der Waals surface area contributed by atoms with Crippen molar-refractivity contribution in [2.45, 2.75) is 33.1 Å². The van der Waals surface area contributed by atoms with Gasteiger partial charge in [0.2, 0.25) is 0 Å². The molecule has 192 valence electrons. The SMILES string of the molecule is CCCCc1ccc2[nH]c(=O)c(/C=N/NC(=O)c3nn(-c4ccccc4OC)c(=O)c(C#N)c3C)cc2c1. The average molecular weight is 511 g/mol. The van der Waals surface area contributed by atoms with Crippen LogP contribution < -0.4 is 21.3 Å². The second-order valence-electron chi connectivity index (χ2n) is 8.63. The van der Waals surface area contributed by atoms with Crippen molar-refractivity contribution in [1.29, 1.82) is 5.26 Å². The van der Waals surface area contributed by atoms with Gasteiger partial charge < -0.3 is 9.72 Å². The molecule has 2 aromatic heterocycles. The Hall–Kier alpha value is -5.04. The number of fused-ring (bicyclic) bond motifs is 1. The van der Waals surface area contributed by atoms with Crippen LogP contribution in [0.3, 0.4) is 0 Å². The summed E-state index contributed by atoms with van der Waals surface area (Å²) in [4.78, 5) is 41.2. The quantitative estimate of drug-likeness (QED) is 0.275. The molecule has 10 nitrogen and oxygen atoms in total. The molecule has 38 heavy (non-hydrogen) atoms. The number of amides is 1. The summed E-state index contributed by atoms with van der Waals surface area (Å²) in [5, 5.41) is 18.6. The highest BCUT2D eigenvalue weighted by Gasteiger charge is 2.21. The Balaban J connectivity index is 1.65. The van der Waals surface area contributed by atoms with Crippen LogP contribution in [-0.4, -0.2) is 34.0 Å². The van der Waals surface area contributed by atoms with Crippen LogP contribution in [0.5, 0.6) is 5.75 Å². The normalized spacial score (nSPS) is 11.0. The zero-order valence-corrected chi connectivity index (χ0v) is 21.2. The van der Waals surface area contributed by atoms with E-state index in [4.69, 9.17) is 4.74 Å². The molecule has 4 rings (SSSR count). The number of hydrogen-bond donors (Lipinski definition) is 2. The van der Waals surface area contributed by atoms with Crippen molar-refractivity contribution >= 4 is 23.0 Å². The van der Waals surface area contributed by atoms with E-state index in [9.17, 15) is 19.6 Å². The highest BCUT2D eigenvalue weighted by molar-refractivity contribution is 5.95. The minimum absolute atomic E-state index is 0.111. The highest BCUT2D eigenvalue weighted by atomic mass is 16.5. The number of hydrogen-bond acceptors (Lipinski definition) is 7. The lowest BCUT2D eigenvalue weighted by molar-refractivity contribution is 0.0947. The van der Waals surface area contributed by atoms with Gasteiger partial charge in [-0.1, -0.05) is 31.5 Å². The lowest BCUT2D eigenvalue weighted by Crippen LogP contribution is -2.31. The van der Waals surface area contributed by atoms with Gasteiger partial charge in [-0.25, -0.2) is 5.43 Å². The predicted octanol–water partition coefficient (Wildman–Crippen LogP) is 3.37. The average Bonchev–Trinajstić information content (AvgIpc) is 2.92. The van der Waals surface area contributed by atoms with Crippen molar-refractivity contribution in [2.75, 3.05) is 7.11 Å². The third kappa shape index (κ3) is 5.22. The maximum absolute atomic E-state index is 13.0. The minimum Gasteiger partial charge on any atom is -0.494 e. The zero-order chi connectivity index (χ0) is 27.2. The number of unbranched alkanes of at least 4 members (excludes halogenated alkanes) is 1. The Morgan fingerprint density at radius 2 is 2.03 bits per heavy atom. The molecule has 10 heteroatoms. The molecule has 0 radical (unpaired) electrons. The molecule has 0 aliphatic carbocycles. The van der Waals surface area contributed by atoms with Crippen molar-refractivity contribution < 1.29 is 9.53 Å². The molecule has 2 aromatic carbocycles. The van der Waals surface area contributed by atoms with E-state index in [1.807, 2.05) is 24.3 Å². The van der Waals surface area contributed by atoms with E-state index < -0.39 is 11.5 Å². The van der Waals surface area contributed by atoms with Crippen LogP contribution in [-0.2, 0) is 6.42 Å². The van der Waals surface area contributed by atoms with Crippen molar-refractivity contribution in [1.82, 2.24) is 20.2 Å². The van der Waals surface area contributed by atoms with E-state index in [-0.39, 0.29) is 33.6 Å². The van der Waals surface area contributed by atoms with E-state index in [0.717, 1.165) is 29.3 Å². The van der Waals surface area contributed by atoms with Crippen LogP contribution in [0.1, 0.15) is 52.5 Å². The summed E-state index contributed by atoms with van der Waals surface area (Å²) in [6.45, 7) is 3.59. The van der Waals surface area contributed by atoms with Crippen LogP contribution in [0.15, 0.2) is 63.2 Å². The van der Waals surface area contributed by atoms with E-state index in [1.54, 1.807) is 30.3 Å². The molecule has 0 aliphatic heterocycles. The number of para-hydroxylation sites is 2. The van der Waals surface area contributed by atoms with Crippen molar-refractivity contribution in [3.8, 4) is 17.5 Å². The molecule has 0 atom stereocenters. The Morgan fingerprint density at radius 3 is 2.76 bits per heavy atom. The summed E-state index contributed by atoms with van der Waals surface area (Å²) in [5.41, 5.74) is 3.41. The number of aromatic nitrogens is 3. The molecule has 2 N–H and O–H groups in total. The first-order valence-electron chi connectivity index (χ1n) is 12.0. The number of ether oxygens (including phenoxy) is 1. The molecule has 0 unspecified atom stereocenters. The highest BCUT2D eigenvalue weighted by Crippen LogP contribution is 2.21.